The zero-order chi connectivity index (χ0) is 17.9. The predicted molar refractivity (Wildman–Crippen MR) is 94.9 cm³/mol. The summed E-state index contributed by atoms with van der Waals surface area (Å²) in [4.78, 5) is 16.9. The molecule has 0 saturated carbocycles. The van der Waals surface area contributed by atoms with Crippen LogP contribution in [0.25, 0.3) is 0 Å². The van der Waals surface area contributed by atoms with Crippen molar-refractivity contribution in [1.82, 2.24) is 9.80 Å². The summed E-state index contributed by atoms with van der Waals surface area (Å²) in [6.45, 7) is 11.0. The molecule has 2 rings (SSSR count). The van der Waals surface area contributed by atoms with Crippen LogP contribution in [0.1, 0.15) is 39.7 Å². The highest BCUT2D eigenvalue weighted by Crippen LogP contribution is 2.21. The largest absolute Gasteiger partial charge is 0.339 e. The van der Waals surface area contributed by atoms with E-state index in [9.17, 15) is 9.18 Å². The van der Waals surface area contributed by atoms with Gasteiger partial charge in [0.25, 0.3) is 0 Å². The van der Waals surface area contributed by atoms with Crippen LogP contribution in [0.2, 0.25) is 0 Å². The third-order valence-corrected chi connectivity index (χ3v) is 4.66. The molecule has 1 aromatic carbocycles. The van der Waals surface area contributed by atoms with Crippen molar-refractivity contribution in [3.8, 4) is 0 Å². The Balaban J connectivity index is 2.14. The summed E-state index contributed by atoms with van der Waals surface area (Å²) < 4.78 is 13.1. The van der Waals surface area contributed by atoms with Crippen molar-refractivity contribution in [2.75, 3.05) is 19.6 Å². The zero-order valence-electron chi connectivity index (χ0n) is 15.3. The molecule has 1 aromatic rings. The Morgan fingerprint density at radius 3 is 2.46 bits per heavy atom. The molecule has 0 radical (unpaired) electrons. The number of hydrogen-bond acceptors (Lipinski definition) is 3. The molecule has 1 saturated heterocycles. The quantitative estimate of drug-likeness (QED) is 0.920. The van der Waals surface area contributed by atoms with Crippen LogP contribution in [0, 0.1) is 11.7 Å². The van der Waals surface area contributed by atoms with Crippen LogP contribution in [0.5, 0.6) is 0 Å². The molecule has 0 aliphatic carbocycles. The van der Waals surface area contributed by atoms with Gasteiger partial charge in [0, 0.05) is 32.2 Å². The molecule has 0 aromatic heterocycles. The predicted octanol–water partition coefficient (Wildman–Crippen LogP) is 2.62. The van der Waals surface area contributed by atoms with E-state index in [-0.39, 0.29) is 17.8 Å². The van der Waals surface area contributed by atoms with Crippen molar-refractivity contribution < 1.29 is 9.18 Å². The van der Waals surface area contributed by atoms with Crippen molar-refractivity contribution in [2.45, 2.75) is 52.2 Å². The lowest BCUT2D eigenvalue weighted by molar-refractivity contribution is -0.136. The third-order valence-electron chi connectivity index (χ3n) is 4.66. The summed E-state index contributed by atoms with van der Waals surface area (Å²) in [6.07, 6.45) is 0.923. The van der Waals surface area contributed by atoms with Gasteiger partial charge < -0.3 is 10.6 Å². The number of nitrogens with two attached hydrogens (primary N) is 1. The SMILES string of the molecule is CC(C)[C@@H]1CN(C(=O)C(C)(C)N)CCCN1Cc1ccc(F)cc1. The molecule has 24 heavy (non-hydrogen) atoms. The first kappa shape index (κ1) is 18.9. The van der Waals surface area contributed by atoms with Gasteiger partial charge in [-0.15, -0.1) is 0 Å². The average molecular weight is 335 g/mol. The van der Waals surface area contributed by atoms with Gasteiger partial charge in [-0.1, -0.05) is 26.0 Å². The van der Waals surface area contributed by atoms with E-state index in [1.54, 1.807) is 13.8 Å². The Morgan fingerprint density at radius 1 is 1.29 bits per heavy atom. The summed E-state index contributed by atoms with van der Waals surface area (Å²) in [7, 11) is 0. The van der Waals surface area contributed by atoms with Gasteiger partial charge in [-0.25, -0.2) is 4.39 Å². The summed E-state index contributed by atoms with van der Waals surface area (Å²) in [5, 5.41) is 0. The monoisotopic (exact) mass is 335 g/mol. The van der Waals surface area contributed by atoms with Gasteiger partial charge in [0.2, 0.25) is 5.91 Å². The molecule has 2 N–H and O–H groups in total. The van der Waals surface area contributed by atoms with E-state index >= 15 is 0 Å². The van der Waals surface area contributed by atoms with Crippen molar-refractivity contribution in [1.29, 1.82) is 0 Å². The lowest BCUT2D eigenvalue weighted by Crippen LogP contribution is -2.54. The molecular formula is C19H30FN3O. The van der Waals surface area contributed by atoms with Gasteiger partial charge in [-0.05, 0) is 43.9 Å². The van der Waals surface area contributed by atoms with Crippen molar-refractivity contribution in [3.05, 3.63) is 35.6 Å². The normalized spacial score (nSPS) is 20.3. The van der Waals surface area contributed by atoms with Crippen LogP contribution < -0.4 is 5.73 Å². The summed E-state index contributed by atoms with van der Waals surface area (Å²) in [5.74, 6) is 0.216. The van der Waals surface area contributed by atoms with Crippen LogP contribution in [-0.4, -0.2) is 46.9 Å². The maximum absolute atomic E-state index is 13.1. The van der Waals surface area contributed by atoms with Gasteiger partial charge in [-0.3, -0.25) is 9.69 Å². The molecule has 0 bridgehead atoms. The highest BCUT2D eigenvalue weighted by molar-refractivity contribution is 5.85. The molecular weight excluding hydrogens is 305 g/mol. The molecule has 4 nitrogen and oxygen atoms in total. The summed E-state index contributed by atoms with van der Waals surface area (Å²) in [5.41, 5.74) is 6.27. The van der Waals surface area contributed by atoms with Crippen molar-refractivity contribution in [2.24, 2.45) is 11.7 Å². The summed E-state index contributed by atoms with van der Waals surface area (Å²) >= 11 is 0. The molecule has 5 heteroatoms. The number of carbonyl (C=O) groups excluding carboxylic acids is 1. The van der Waals surface area contributed by atoms with Crippen molar-refractivity contribution >= 4 is 5.91 Å². The Morgan fingerprint density at radius 2 is 1.92 bits per heavy atom. The molecule has 1 aliphatic heterocycles. The van der Waals surface area contributed by atoms with E-state index in [2.05, 4.69) is 18.7 Å². The molecule has 0 unspecified atom stereocenters. The standard InChI is InChI=1S/C19H30FN3O/c1-14(2)17-13-23(18(24)19(3,4)21)11-5-10-22(17)12-15-6-8-16(20)9-7-15/h6-9,14,17H,5,10-13,21H2,1-4H3/t17-/m0/s1. The van der Waals surface area contributed by atoms with Gasteiger partial charge >= 0.3 is 0 Å². The van der Waals surface area contributed by atoms with Gasteiger partial charge in [0.15, 0.2) is 0 Å². The first-order valence-corrected chi connectivity index (χ1v) is 8.75. The molecule has 134 valence electrons. The number of halogens is 1. The Kier molecular flexibility index (Phi) is 5.99. The van der Waals surface area contributed by atoms with Gasteiger partial charge in [0.05, 0.1) is 5.54 Å². The zero-order valence-corrected chi connectivity index (χ0v) is 15.3. The molecule has 1 atom stereocenters. The highest BCUT2D eigenvalue weighted by Gasteiger charge is 2.33. The number of rotatable bonds is 4. The van der Waals surface area contributed by atoms with Crippen LogP contribution >= 0.6 is 0 Å². The minimum absolute atomic E-state index is 0.0109. The minimum atomic E-state index is -0.840. The number of carbonyl (C=O) groups is 1. The second-order valence-corrected chi connectivity index (χ2v) is 7.73. The third kappa shape index (κ3) is 4.77. The smallest absolute Gasteiger partial charge is 0.242 e. The Bertz CT molecular complexity index is 551. The lowest BCUT2D eigenvalue weighted by atomic mass is 9.99. The fraction of sp³-hybridized carbons (Fsp3) is 0.632. The van der Waals surface area contributed by atoms with Gasteiger partial charge in [0.1, 0.15) is 5.82 Å². The van der Waals surface area contributed by atoms with Gasteiger partial charge in [-0.2, -0.15) is 0 Å². The number of benzene rings is 1. The number of nitrogens with zero attached hydrogens (tertiary/aromatic N) is 2. The fourth-order valence-electron chi connectivity index (χ4n) is 3.31. The lowest BCUT2D eigenvalue weighted by Gasteiger charge is -2.36. The highest BCUT2D eigenvalue weighted by atomic mass is 19.1. The maximum Gasteiger partial charge on any atom is 0.242 e. The van der Waals surface area contributed by atoms with E-state index in [4.69, 9.17) is 5.73 Å². The van der Waals surface area contributed by atoms with E-state index in [0.29, 0.717) is 12.5 Å². The average Bonchev–Trinajstić information content (AvgIpc) is 2.70. The molecule has 1 heterocycles. The Hall–Kier alpha value is -1.46. The molecule has 1 amide bonds. The van der Waals surface area contributed by atoms with Crippen LogP contribution in [0.3, 0.4) is 0 Å². The van der Waals surface area contributed by atoms with Crippen LogP contribution in [-0.2, 0) is 11.3 Å². The topological polar surface area (TPSA) is 49.6 Å². The number of hydrogen-bond donors (Lipinski definition) is 1. The first-order chi connectivity index (χ1) is 11.2. The second kappa shape index (κ2) is 7.62. The summed E-state index contributed by atoms with van der Waals surface area (Å²) in [6, 6.07) is 6.95. The maximum atomic E-state index is 13.1. The van der Waals surface area contributed by atoms with E-state index in [1.807, 2.05) is 17.0 Å². The van der Waals surface area contributed by atoms with E-state index in [1.165, 1.54) is 12.1 Å². The molecule has 0 spiro atoms. The van der Waals surface area contributed by atoms with Crippen LogP contribution in [0.4, 0.5) is 4.39 Å². The number of amides is 1. The first-order valence-electron chi connectivity index (χ1n) is 8.75. The Labute approximate surface area is 144 Å². The van der Waals surface area contributed by atoms with E-state index in [0.717, 1.165) is 31.6 Å². The molecule has 1 aliphatic rings. The molecule has 1 fully saturated rings. The van der Waals surface area contributed by atoms with E-state index < -0.39 is 5.54 Å². The second-order valence-electron chi connectivity index (χ2n) is 7.73. The fourth-order valence-corrected chi connectivity index (χ4v) is 3.31. The van der Waals surface area contributed by atoms with Crippen LogP contribution in [0.15, 0.2) is 24.3 Å². The minimum Gasteiger partial charge on any atom is -0.339 e. The van der Waals surface area contributed by atoms with Crippen molar-refractivity contribution in [3.63, 3.8) is 0 Å².